The van der Waals surface area contributed by atoms with E-state index < -0.39 is 17.6 Å². The highest BCUT2D eigenvalue weighted by molar-refractivity contribution is 7.99. The Morgan fingerprint density at radius 2 is 2.23 bits per heavy atom. The largest absolute Gasteiger partial charge is 0.417 e. The van der Waals surface area contributed by atoms with Gasteiger partial charge in [-0.25, -0.2) is 4.98 Å². The van der Waals surface area contributed by atoms with E-state index in [0.717, 1.165) is 18.2 Å². The molecular weight excluding hydrogens is 395 g/mol. The van der Waals surface area contributed by atoms with Crippen molar-refractivity contribution < 1.29 is 22.7 Å². The van der Waals surface area contributed by atoms with Crippen molar-refractivity contribution >= 4 is 35.1 Å². The highest BCUT2D eigenvalue weighted by atomic mass is 35.5. The first-order valence-electron chi connectivity index (χ1n) is 7.33. The van der Waals surface area contributed by atoms with Crippen LogP contribution in [0.1, 0.15) is 12.0 Å². The molecular formula is C14H15ClF3N5O2S. The number of rotatable bonds is 8. The summed E-state index contributed by atoms with van der Waals surface area (Å²) in [6.07, 6.45) is -1.63. The number of aryl methyl sites for hydroxylation is 1. The van der Waals surface area contributed by atoms with Gasteiger partial charge in [-0.1, -0.05) is 23.4 Å². The standard InChI is InChI=1S/C14H15ClF3N5O2S/c1-25-4-2-3-23-8-20-22-13(23)26-7-11(24)21-12-10(15)5-9(6-19-12)14(16,17)18/h5-6,8H,2-4,7H2,1H3,(H,19,21,24). The SMILES string of the molecule is COCCCn1cnnc1SCC(=O)Nc1ncc(C(F)(F)F)cc1Cl. The number of hydrogen-bond donors (Lipinski definition) is 1. The number of anilines is 1. The smallest absolute Gasteiger partial charge is 0.385 e. The first kappa shape index (κ1) is 20.5. The first-order valence-corrected chi connectivity index (χ1v) is 8.69. The van der Waals surface area contributed by atoms with Crippen LogP contribution in [0.4, 0.5) is 19.0 Å². The minimum Gasteiger partial charge on any atom is -0.385 e. The number of hydrogen-bond acceptors (Lipinski definition) is 6. The Labute approximate surface area is 156 Å². The van der Waals surface area contributed by atoms with Gasteiger partial charge in [-0.05, 0) is 12.5 Å². The van der Waals surface area contributed by atoms with Crippen LogP contribution in [0.25, 0.3) is 0 Å². The number of nitrogens with zero attached hydrogens (tertiary/aromatic N) is 4. The summed E-state index contributed by atoms with van der Waals surface area (Å²) in [5.74, 6) is -0.635. The van der Waals surface area contributed by atoms with Gasteiger partial charge < -0.3 is 14.6 Å². The molecule has 0 fully saturated rings. The quantitative estimate of drug-likeness (QED) is 0.533. The Hall–Kier alpha value is -1.85. The summed E-state index contributed by atoms with van der Waals surface area (Å²) >= 11 is 6.89. The lowest BCUT2D eigenvalue weighted by Gasteiger charge is -2.10. The molecule has 142 valence electrons. The van der Waals surface area contributed by atoms with Crippen LogP contribution in [-0.4, -0.2) is 45.1 Å². The molecule has 7 nitrogen and oxygen atoms in total. The number of aromatic nitrogens is 4. The summed E-state index contributed by atoms with van der Waals surface area (Å²) in [6.45, 7) is 1.22. The summed E-state index contributed by atoms with van der Waals surface area (Å²) in [4.78, 5) is 15.5. The molecule has 2 heterocycles. The summed E-state index contributed by atoms with van der Waals surface area (Å²) in [7, 11) is 1.60. The van der Waals surface area contributed by atoms with Crippen LogP contribution >= 0.6 is 23.4 Å². The van der Waals surface area contributed by atoms with Gasteiger partial charge in [0.15, 0.2) is 11.0 Å². The molecule has 1 N–H and O–H groups in total. The van der Waals surface area contributed by atoms with E-state index in [0.29, 0.717) is 30.6 Å². The lowest BCUT2D eigenvalue weighted by molar-refractivity contribution is -0.137. The third-order valence-electron chi connectivity index (χ3n) is 3.09. The summed E-state index contributed by atoms with van der Waals surface area (Å²) in [6, 6.07) is 0.712. The number of amides is 1. The Balaban J connectivity index is 1.91. The number of nitrogens with one attached hydrogen (secondary N) is 1. The van der Waals surface area contributed by atoms with Crippen molar-refractivity contribution in [1.29, 1.82) is 0 Å². The molecule has 12 heteroatoms. The molecule has 0 spiro atoms. The molecule has 0 unspecified atom stereocenters. The Morgan fingerprint density at radius 1 is 1.46 bits per heavy atom. The first-order chi connectivity index (χ1) is 12.3. The maximum Gasteiger partial charge on any atom is 0.417 e. The zero-order valence-electron chi connectivity index (χ0n) is 13.6. The zero-order chi connectivity index (χ0) is 19.2. The van der Waals surface area contributed by atoms with Gasteiger partial charge in [0.2, 0.25) is 5.91 Å². The zero-order valence-corrected chi connectivity index (χ0v) is 15.2. The van der Waals surface area contributed by atoms with Gasteiger partial charge in [0.1, 0.15) is 6.33 Å². The van der Waals surface area contributed by atoms with Crippen LogP contribution in [0.5, 0.6) is 0 Å². The van der Waals surface area contributed by atoms with E-state index in [-0.39, 0.29) is 16.6 Å². The second-order valence-corrected chi connectivity index (χ2v) is 6.39. The van der Waals surface area contributed by atoms with Crippen molar-refractivity contribution in [3.63, 3.8) is 0 Å². The molecule has 0 bridgehead atoms. The number of ether oxygens (including phenoxy) is 1. The third-order valence-corrected chi connectivity index (χ3v) is 4.36. The van der Waals surface area contributed by atoms with Crippen molar-refractivity contribution in [3.05, 3.63) is 29.2 Å². The molecule has 0 radical (unpaired) electrons. The molecule has 2 aromatic heterocycles. The molecule has 2 rings (SSSR count). The van der Waals surface area contributed by atoms with E-state index in [2.05, 4.69) is 20.5 Å². The monoisotopic (exact) mass is 409 g/mol. The van der Waals surface area contributed by atoms with E-state index >= 15 is 0 Å². The maximum atomic E-state index is 12.6. The van der Waals surface area contributed by atoms with Crippen LogP contribution in [0, 0.1) is 0 Å². The lowest BCUT2D eigenvalue weighted by Crippen LogP contribution is -2.16. The molecule has 0 atom stereocenters. The molecule has 0 saturated heterocycles. The van der Waals surface area contributed by atoms with Gasteiger partial charge in [-0.15, -0.1) is 10.2 Å². The predicted octanol–water partition coefficient (Wildman–Crippen LogP) is 3.11. The molecule has 0 aliphatic heterocycles. The number of pyridine rings is 1. The summed E-state index contributed by atoms with van der Waals surface area (Å²) in [5, 5.41) is 10.3. The second-order valence-electron chi connectivity index (χ2n) is 5.04. The highest BCUT2D eigenvalue weighted by Crippen LogP contribution is 2.32. The topological polar surface area (TPSA) is 81.9 Å². The Bertz CT molecular complexity index is 756. The van der Waals surface area contributed by atoms with Gasteiger partial charge >= 0.3 is 6.18 Å². The molecule has 0 aliphatic carbocycles. The van der Waals surface area contributed by atoms with E-state index in [1.54, 1.807) is 18.0 Å². The van der Waals surface area contributed by atoms with Gasteiger partial charge in [0, 0.05) is 26.5 Å². The summed E-state index contributed by atoms with van der Waals surface area (Å²) in [5.41, 5.74) is -0.987. The van der Waals surface area contributed by atoms with Crippen molar-refractivity contribution in [2.24, 2.45) is 0 Å². The van der Waals surface area contributed by atoms with Gasteiger partial charge in [0.25, 0.3) is 0 Å². The number of halogens is 4. The maximum absolute atomic E-state index is 12.6. The van der Waals surface area contributed by atoms with E-state index in [1.807, 2.05) is 0 Å². The number of carbonyl (C=O) groups is 1. The number of methoxy groups -OCH3 is 1. The van der Waals surface area contributed by atoms with Crippen molar-refractivity contribution in [2.75, 3.05) is 24.8 Å². The predicted molar refractivity (Wildman–Crippen MR) is 90.1 cm³/mol. The van der Waals surface area contributed by atoms with Crippen molar-refractivity contribution in [3.8, 4) is 0 Å². The molecule has 26 heavy (non-hydrogen) atoms. The van der Waals surface area contributed by atoms with E-state index in [1.165, 1.54) is 0 Å². The highest BCUT2D eigenvalue weighted by Gasteiger charge is 2.31. The van der Waals surface area contributed by atoms with E-state index in [9.17, 15) is 18.0 Å². The van der Waals surface area contributed by atoms with E-state index in [4.69, 9.17) is 16.3 Å². The van der Waals surface area contributed by atoms with Crippen molar-refractivity contribution in [2.45, 2.75) is 24.3 Å². The van der Waals surface area contributed by atoms with Crippen molar-refractivity contribution in [1.82, 2.24) is 19.7 Å². The molecule has 2 aromatic rings. The Morgan fingerprint density at radius 3 is 2.88 bits per heavy atom. The number of alkyl halides is 3. The average molecular weight is 410 g/mol. The minimum atomic E-state index is -4.55. The number of carbonyl (C=O) groups excluding carboxylic acids is 1. The number of thioether (sulfide) groups is 1. The van der Waals surface area contributed by atoms with Crippen LogP contribution in [0.15, 0.2) is 23.7 Å². The molecule has 1 amide bonds. The average Bonchev–Trinajstić information content (AvgIpc) is 3.01. The van der Waals surface area contributed by atoms with Gasteiger partial charge in [-0.3, -0.25) is 4.79 Å². The lowest BCUT2D eigenvalue weighted by atomic mass is 10.3. The normalized spacial score (nSPS) is 11.6. The minimum absolute atomic E-state index is 0.0258. The fourth-order valence-electron chi connectivity index (χ4n) is 1.87. The fourth-order valence-corrected chi connectivity index (χ4v) is 2.83. The Kier molecular flexibility index (Phi) is 7.23. The molecule has 0 aliphatic rings. The van der Waals surface area contributed by atoms with Crippen LogP contribution in [0.3, 0.4) is 0 Å². The van der Waals surface area contributed by atoms with Gasteiger partial charge in [-0.2, -0.15) is 13.2 Å². The van der Waals surface area contributed by atoms with Crippen LogP contribution < -0.4 is 5.32 Å². The van der Waals surface area contributed by atoms with Crippen LogP contribution in [-0.2, 0) is 22.3 Å². The van der Waals surface area contributed by atoms with Gasteiger partial charge in [0.05, 0.1) is 16.3 Å². The third kappa shape index (κ3) is 5.85. The fraction of sp³-hybridized carbons (Fsp3) is 0.429. The summed E-state index contributed by atoms with van der Waals surface area (Å²) < 4.78 is 44.5. The van der Waals surface area contributed by atoms with Crippen LogP contribution in [0.2, 0.25) is 5.02 Å². The second kappa shape index (κ2) is 9.19. The molecule has 0 saturated carbocycles. The molecule has 0 aromatic carbocycles.